The first kappa shape index (κ1) is 18.6. The summed E-state index contributed by atoms with van der Waals surface area (Å²) < 4.78 is 29.5. The summed E-state index contributed by atoms with van der Waals surface area (Å²) in [6.07, 6.45) is 0. The van der Waals surface area contributed by atoms with E-state index in [-0.39, 0.29) is 23.8 Å². The van der Waals surface area contributed by atoms with Crippen molar-refractivity contribution in [3.8, 4) is 5.75 Å². The minimum atomic E-state index is -3.78. The first-order valence-electron chi connectivity index (χ1n) is 6.80. The predicted octanol–water partition coefficient (Wildman–Crippen LogP) is 4.17. The molecule has 22 heavy (non-hydrogen) atoms. The molecule has 2 aromatic carbocycles. The standard InChI is InChI=1S/C17H20O3S.H2S/c1-13-5-11-16(12-6-13)21(18,19)20-15-9-7-14(8-10-15)17(2,3)4;/h5-12H,1-4H3;1H2. The molecule has 0 amide bonds. The molecule has 3 nitrogen and oxygen atoms in total. The first-order valence-corrected chi connectivity index (χ1v) is 8.21. The lowest BCUT2D eigenvalue weighted by Gasteiger charge is -2.19. The molecule has 0 heterocycles. The van der Waals surface area contributed by atoms with E-state index in [1.807, 2.05) is 19.1 Å². The second kappa shape index (κ2) is 6.75. The lowest BCUT2D eigenvalue weighted by atomic mass is 9.87. The highest BCUT2D eigenvalue weighted by Crippen LogP contribution is 2.25. The van der Waals surface area contributed by atoms with Crippen LogP contribution >= 0.6 is 13.5 Å². The van der Waals surface area contributed by atoms with E-state index in [1.54, 1.807) is 36.4 Å². The van der Waals surface area contributed by atoms with E-state index in [9.17, 15) is 8.42 Å². The zero-order valence-corrected chi connectivity index (χ0v) is 15.1. The molecule has 0 radical (unpaired) electrons. The van der Waals surface area contributed by atoms with E-state index in [1.165, 1.54) is 0 Å². The summed E-state index contributed by atoms with van der Waals surface area (Å²) in [5.74, 6) is 0.323. The average Bonchev–Trinajstić information content (AvgIpc) is 2.38. The van der Waals surface area contributed by atoms with Crippen LogP contribution in [0.3, 0.4) is 0 Å². The zero-order valence-electron chi connectivity index (χ0n) is 13.3. The Kier molecular flexibility index (Phi) is 5.70. The molecule has 2 rings (SSSR count). The van der Waals surface area contributed by atoms with Crippen LogP contribution in [0.1, 0.15) is 31.9 Å². The molecule has 0 atom stereocenters. The van der Waals surface area contributed by atoms with Crippen LogP contribution in [0, 0.1) is 6.92 Å². The van der Waals surface area contributed by atoms with Crippen molar-refractivity contribution in [2.45, 2.75) is 38.0 Å². The third kappa shape index (κ3) is 4.52. The molecule has 0 fully saturated rings. The van der Waals surface area contributed by atoms with Crippen molar-refractivity contribution in [1.82, 2.24) is 0 Å². The third-order valence-electron chi connectivity index (χ3n) is 3.24. The van der Waals surface area contributed by atoms with Gasteiger partial charge in [0.25, 0.3) is 0 Å². The molecule has 2 aromatic rings. The molecule has 5 heteroatoms. The van der Waals surface area contributed by atoms with Crippen molar-refractivity contribution in [1.29, 1.82) is 0 Å². The Morgan fingerprint density at radius 1 is 0.864 bits per heavy atom. The summed E-state index contributed by atoms with van der Waals surface area (Å²) in [4.78, 5) is 0.160. The molecule has 0 saturated heterocycles. The van der Waals surface area contributed by atoms with Crippen LogP contribution in [-0.4, -0.2) is 8.42 Å². The van der Waals surface area contributed by atoms with E-state index in [0.717, 1.165) is 11.1 Å². The van der Waals surface area contributed by atoms with Gasteiger partial charge in [-0.1, -0.05) is 50.6 Å². The Hall–Kier alpha value is -1.46. The van der Waals surface area contributed by atoms with Crippen molar-refractivity contribution < 1.29 is 12.6 Å². The average molecular weight is 338 g/mol. The highest BCUT2D eigenvalue weighted by molar-refractivity contribution is 7.87. The maximum Gasteiger partial charge on any atom is 0.339 e. The summed E-state index contributed by atoms with van der Waals surface area (Å²) in [7, 11) is -3.78. The van der Waals surface area contributed by atoms with Crippen LogP contribution in [-0.2, 0) is 15.5 Å². The van der Waals surface area contributed by atoms with Gasteiger partial charge in [0.05, 0.1) is 0 Å². The highest BCUT2D eigenvalue weighted by Gasteiger charge is 2.17. The van der Waals surface area contributed by atoms with Crippen molar-refractivity contribution >= 4 is 23.6 Å². The number of aryl methyl sites for hydroxylation is 1. The normalized spacial score (nSPS) is 11.6. The first-order chi connectivity index (χ1) is 9.68. The molecule has 0 aliphatic heterocycles. The molecule has 0 aliphatic carbocycles. The minimum Gasteiger partial charge on any atom is -0.379 e. The quantitative estimate of drug-likeness (QED) is 0.789. The van der Waals surface area contributed by atoms with Gasteiger partial charge in [0.15, 0.2) is 0 Å². The highest BCUT2D eigenvalue weighted by atomic mass is 32.2. The van der Waals surface area contributed by atoms with Crippen LogP contribution in [0.5, 0.6) is 5.75 Å². The van der Waals surface area contributed by atoms with E-state index >= 15 is 0 Å². The van der Waals surface area contributed by atoms with Gasteiger partial charge < -0.3 is 4.18 Å². The molecule has 0 saturated carbocycles. The molecule has 0 bridgehead atoms. The SMILES string of the molecule is Cc1ccc(S(=O)(=O)Oc2ccc(C(C)(C)C)cc2)cc1.S. The molecule has 0 N–H and O–H groups in total. The smallest absolute Gasteiger partial charge is 0.339 e. The maximum absolute atomic E-state index is 12.2. The number of hydrogen-bond acceptors (Lipinski definition) is 3. The van der Waals surface area contributed by atoms with E-state index < -0.39 is 10.1 Å². The van der Waals surface area contributed by atoms with Crippen LogP contribution in [0.25, 0.3) is 0 Å². The van der Waals surface area contributed by atoms with Gasteiger partial charge in [-0.25, -0.2) is 0 Å². The summed E-state index contributed by atoms with van der Waals surface area (Å²) in [5.41, 5.74) is 2.15. The van der Waals surface area contributed by atoms with Gasteiger partial charge in [0.1, 0.15) is 10.6 Å². The second-order valence-electron chi connectivity index (χ2n) is 6.12. The third-order valence-corrected chi connectivity index (χ3v) is 4.50. The Labute approximate surface area is 139 Å². The van der Waals surface area contributed by atoms with Gasteiger partial charge in [-0.3, -0.25) is 0 Å². The van der Waals surface area contributed by atoms with Gasteiger partial charge in [-0.05, 0) is 42.2 Å². The molecule has 0 spiro atoms. The number of rotatable bonds is 3. The second-order valence-corrected chi connectivity index (χ2v) is 7.67. The Morgan fingerprint density at radius 2 is 1.36 bits per heavy atom. The Bertz CT molecular complexity index is 710. The van der Waals surface area contributed by atoms with Crippen LogP contribution in [0.4, 0.5) is 0 Å². The number of benzene rings is 2. The van der Waals surface area contributed by atoms with Crippen LogP contribution in [0.2, 0.25) is 0 Å². The number of hydrogen-bond donors (Lipinski definition) is 0. The van der Waals surface area contributed by atoms with Gasteiger partial charge in [-0.15, -0.1) is 0 Å². The molecular weight excluding hydrogens is 316 g/mol. The lowest BCUT2D eigenvalue weighted by molar-refractivity contribution is 0.485. The molecule has 0 unspecified atom stereocenters. The van der Waals surface area contributed by atoms with E-state index in [0.29, 0.717) is 5.75 Å². The summed E-state index contributed by atoms with van der Waals surface area (Å²) in [5, 5.41) is 0. The molecule has 0 aliphatic rings. The zero-order chi connectivity index (χ0) is 15.7. The van der Waals surface area contributed by atoms with Crippen molar-refractivity contribution in [2.24, 2.45) is 0 Å². The van der Waals surface area contributed by atoms with Gasteiger partial charge in [0, 0.05) is 0 Å². The lowest BCUT2D eigenvalue weighted by Crippen LogP contribution is -2.12. The van der Waals surface area contributed by atoms with Crippen molar-refractivity contribution in [3.05, 3.63) is 59.7 Å². The monoisotopic (exact) mass is 338 g/mol. The molecule has 120 valence electrons. The van der Waals surface area contributed by atoms with Crippen molar-refractivity contribution in [2.75, 3.05) is 0 Å². The van der Waals surface area contributed by atoms with Crippen LogP contribution in [0.15, 0.2) is 53.4 Å². The molecule has 0 aromatic heterocycles. The summed E-state index contributed by atoms with van der Waals surface area (Å²) in [6, 6.07) is 13.7. The summed E-state index contributed by atoms with van der Waals surface area (Å²) in [6.45, 7) is 8.21. The fourth-order valence-electron chi connectivity index (χ4n) is 1.89. The van der Waals surface area contributed by atoms with Gasteiger partial charge >= 0.3 is 10.1 Å². The van der Waals surface area contributed by atoms with Gasteiger partial charge in [0.2, 0.25) is 0 Å². The Morgan fingerprint density at radius 3 is 1.82 bits per heavy atom. The van der Waals surface area contributed by atoms with E-state index in [4.69, 9.17) is 4.18 Å². The predicted molar refractivity (Wildman–Crippen MR) is 94.5 cm³/mol. The van der Waals surface area contributed by atoms with Gasteiger partial charge in [-0.2, -0.15) is 21.9 Å². The Balaban J connectivity index is 0.00000242. The maximum atomic E-state index is 12.2. The fourth-order valence-corrected chi connectivity index (χ4v) is 2.82. The van der Waals surface area contributed by atoms with Crippen molar-refractivity contribution in [3.63, 3.8) is 0 Å². The molecular formula is C17H22O3S2. The van der Waals surface area contributed by atoms with E-state index in [2.05, 4.69) is 20.8 Å². The largest absolute Gasteiger partial charge is 0.379 e. The summed E-state index contributed by atoms with van der Waals surface area (Å²) >= 11 is 0. The minimum absolute atomic E-state index is 0. The topological polar surface area (TPSA) is 43.4 Å². The fraction of sp³-hybridized carbons (Fsp3) is 0.294. The van der Waals surface area contributed by atoms with Crippen LogP contribution < -0.4 is 4.18 Å².